The Morgan fingerprint density at radius 1 is 1.10 bits per heavy atom. The highest BCUT2D eigenvalue weighted by Crippen LogP contribution is 2.30. The van der Waals surface area contributed by atoms with Gasteiger partial charge in [-0.2, -0.15) is 0 Å². The van der Waals surface area contributed by atoms with E-state index in [0.29, 0.717) is 11.6 Å². The molecule has 4 amide bonds. The minimum atomic E-state index is -0.741. The van der Waals surface area contributed by atoms with Gasteiger partial charge in [-0.25, -0.2) is 9.69 Å². The number of amides is 4. The molecule has 0 spiro atoms. The zero-order valence-corrected chi connectivity index (χ0v) is 17.4. The van der Waals surface area contributed by atoms with Gasteiger partial charge in [0.05, 0.1) is 5.69 Å². The van der Waals surface area contributed by atoms with Crippen molar-refractivity contribution < 1.29 is 14.4 Å². The van der Waals surface area contributed by atoms with Crippen molar-refractivity contribution in [1.29, 1.82) is 0 Å². The number of benzene rings is 2. The Morgan fingerprint density at radius 3 is 2.60 bits per heavy atom. The Kier molecular flexibility index (Phi) is 5.59. The number of nitrogens with one attached hydrogen (secondary N) is 1. The van der Waals surface area contributed by atoms with E-state index >= 15 is 0 Å². The van der Waals surface area contributed by atoms with Crippen LogP contribution in [-0.4, -0.2) is 36.8 Å². The lowest BCUT2D eigenvalue weighted by molar-refractivity contribution is -0.122. The average Bonchev–Trinajstić information content (AvgIpc) is 3.13. The number of barbiturate groups is 1. The lowest BCUT2D eigenvalue weighted by atomic mass is 10.0. The Morgan fingerprint density at radius 2 is 1.87 bits per heavy atom. The summed E-state index contributed by atoms with van der Waals surface area (Å²) in [6.45, 7) is 3.76. The lowest BCUT2D eigenvalue weighted by Crippen LogP contribution is -2.54. The average molecular weight is 424 g/mol. The number of imide groups is 2. The van der Waals surface area contributed by atoms with Crippen molar-refractivity contribution in [2.75, 3.05) is 28.8 Å². The highest BCUT2D eigenvalue weighted by Gasteiger charge is 2.36. The fourth-order valence-corrected chi connectivity index (χ4v) is 3.93. The largest absolute Gasteiger partial charge is 0.371 e. The second-order valence-electron chi connectivity index (χ2n) is 7.46. The third-order valence-corrected chi connectivity index (χ3v) is 5.63. The highest BCUT2D eigenvalue weighted by atomic mass is 35.5. The summed E-state index contributed by atoms with van der Waals surface area (Å²) in [6, 6.07) is 12.1. The quantitative estimate of drug-likeness (QED) is 0.452. The first-order valence-electron chi connectivity index (χ1n) is 9.90. The molecule has 2 aliphatic rings. The smallest absolute Gasteiger partial charge is 0.335 e. The number of rotatable bonds is 5. The molecule has 0 aromatic heterocycles. The normalized spacial score (nSPS) is 17.5. The number of halogens is 1. The molecule has 0 saturated carbocycles. The number of aryl methyl sites for hydroxylation is 1. The van der Waals surface area contributed by atoms with Gasteiger partial charge in [0.15, 0.2) is 0 Å². The van der Waals surface area contributed by atoms with Gasteiger partial charge in [0.2, 0.25) is 0 Å². The van der Waals surface area contributed by atoms with Crippen LogP contribution in [0.3, 0.4) is 0 Å². The first-order valence-corrected chi connectivity index (χ1v) is 10.4. The van der Waals surface area contributed by atoms with Crippen LogP contribution in [0.15, 0.2) is 48.0 Å². The molecule has 154 valence electrons. The van der Waals surface area contributed by atoms with Crippen LogP contribution in [-0.2, 0) is 16.0 Å². The van der Waals surface area contributed by atoms with Gasteiger partial charge in [0, 0.05) is 24.7 Å². The van der Waals surface area contributed by atoms with Gasteiger partial charge in [-0.05, 0) is 61.2 Å². The zero-order valence-electron chi connectivity index (χ0n) is 16.7. The molecule has 0 bridgehead atoms. The Bertz CT molecular complexity index is 1050. The predicted molar refractivity (Wildman–Crippen MR) is 118 cm³/mol. The van der Waals surface area contributed by atoms with E-state index in [9.17, 15) is 14.4 Å². The van der Waals surface area contributed by atoms with E-state index in [-0.39, 0.29) is 5.57 Å². The molecule has 0 aliphatic carbocycles. The van der Waals surface area contributed by atoms with Gasteiger partial charge in [-0.3, -0.25) is 14.9 Å². The van der Waals surface area contributed by atoms with E-state index in [1.807, 2.05) is 37.3 Å². The van der Waals surface area contributed by atoms with Gasteiger partial charge >= 0.3 is 6.03 Å². The molecule has 0 atom stereocenters. The third-order valence-electron chi connectivity index (χ3n) is 5.36. The lowest BCUT2D eigenvalue weighted by Gasteiger charge is -2.26. The van der Waals surface area contributed by atoms with Crippen molar-refractivity contribution in [1.82, 2.24) is 5.32 Å². The molecule has 2 aromatic rings. The highest BCUT2D eigenvalue weighted by molar-refractivity contribution is 6.39. The minimum Gasteiger partial charge on any atom is -0.371 e. The number of carbonyl (C=O) groups is 3. The molecule has 2 heterocycles. The third kappa shape index (κ3) is 3.83. The van der Waals surface area contributed by atoms with Crippen molar-refractivity contribution in [2.24, 2.45) is 0 Å². The van der Waals surface area contributed by atoms with Crippen LogP contribution in [0.5, 0.6) is 0 Å². The number of urea groups is 1. The first kappa shape index (κ1) is 20.2. The Labute approximate surface area is 180 Å². The van der Waals surface area contributed by atoms with Gasteiger partial charge in [0.1, 0.15) is 5.57 Å². The van der Waals surface area contributed by atoms with Gasteiger partial charge < -0.3 is 4.90 Å². The molecule has 2 aromatic carbocycles. The van der Waals surface area contributed by atoms with Crippen LogP contribution >= 0.6 is 11.6 Å². The van der Waals surface area contributed by atoms with Crippen LogP contribution in [0, 0.1) is 6.92 Å². The van der Waals surface area contributed by atoms with Crippen molar-refractivity contribution >= 4 is 46.9 Å². The molecule has 7 heteroatoms. The number of hydrogen-bond acceptors (Lipinski definition) is 4. The SMILES string of the molecule is Cc1ccc(N2C(=O)NC(=O)C(=Cc3ccc4c(c3)CCN4CCCCl)C2=O)cc1. The molecular formula is C23H22ClN3O3. The number of alkyl halides is 1. The first-order chi connectivity index (χ1) is 14.5. The van der Waals surface area contributed by atoms with Crippen LogP contribution < -0.4 is 15.1 Å². The molecule has 4 rings (SSSR count). The molecule has 1 saturated heterocycles. The Balaban J connectivity index is 1.62. The molecular weight excluding hydrogens is 402 g/mol. The molecule has 0 unspecified atom stereocenters. The number of hydrogen-bond donors (Lipinski definition) is 1. The molecule has 0 radical (unpaired) electrons. The second kappa shape index (κ2) is 8.32. The van der Waals surface area contributed by atoms with Crippen molar-refractivity contribution in [3.05, 3.63) is 64.7 Å². The van der Waals surface area contributed by atoms with E-state index in [2.05, 4.69) is 10.2 Å². The fourth-order valence-electron chi connectivity index (χ4n) is 3.82. The van der Waals surface area contributed by atoms with E-state index in [0.717, 1.165) is 47.6 Å². The maximum Gasteiger partial charge on any atom is 0.335 e. The van der Waals surface area contributed by atoms with Crippen molar-refractivity contribution in [3.63, 3.8) is 0 Å². The van der Waals surface area contributed by atoms with E-state index in [1.165, 1.54) is 5.56 Å². The molecule has 1 fully saturated rings. The summed E-state index contributed by atoms with van der Waals surface area (Å²) in [4.78, 5) is 41.0. The van der Waals surface area contributed by atoms with Crippen molar-refractivity contribution in [3.8, 4) is 0 Å². The van der Waals surface area contributed by atoms with Crippen LogP contribution in [0.25, 0.3) is 6.08 Å². The molecule has 2 aliphatic heterocycles. The van der Waals surface area contributed by atoms with Crippen LogP contribution in [0.1, 0.15) is 23.1 Å². The van der Waals surface area contributed by atoms with Crippen molar-refractivity contribution in [2.45, 2.75) is 19.8 Å². The molecule has 30 heavy (non-hydrogen) atoms. The summed E-state index contributed by atoms with van der Waals surface area (Å²) in [7, 11) is 0. The minimum absolute atomic E-state index is 0.0629. The van der Waals surface area contributed by atoms with E-state index in [1.54, 1.807) is 18.2 Å². The Hall–Kier alpha value is -3.12. The van der Waals surface area contributed by atoms with Gasteiger partial charge in [-0.15, -0.1) is 11.6 Å². The zero-order chi connectivity index (χ0) is 21.3. The number of carbonyl (C=O) groups excluding carboxylic acids is 3. The topological polar surface area (TPSA) is 69.7 Å². The maximum absolute atomic E-state index is 13.0. The molecule has 1 N–H and O–H groups in total. The monoisotopic (exact) mass is 423 g/mol. The second-order valence-corrected chi connectivity index (χ2v) is 7.84. The predicted octanol–water partition coefficient (Wildman–Crippen LogP) is 3.65. The van der Waals surface area contributed by atoms with E-state index in [4.69, 9.17) is 11.6 Å². The standard InChI is InChI=1S/C23H22ClN3O3/c1-15-3-6-18(7-4-15)27-22(29)19(21(28)25-23(27)30)14-16-5-8-20-17(13-16)9-12-26(20)11-2-10-24/h3-8,13-14H,2,9-12H2,1H3,(H,25,28,30). The number of anilines is 2. The van der Waals surface area contributed by atoms with E-state index < -0.39 is 17.8 Å². The van der Waals surface area contributed by atoms with Crippen LogP contribution in [0.4, 0.5) is 16.2 Å². The molecule has 6 nitrogen and oxygen atoms in total. The number of nitrogens with zero attached hydrogens (tertiary/aromatic N) is 2. The summed E-state index contributed by atoms with van der Waals surface area (Å²) in [6.07, 6.45) is 3.38. The van der Waals surface area contributed by atoms with Gasteiger partial charge in [0.25, 0.3) is 11.8 Å². The summed E-state index contributed by atoms with van der Waals surface area (Å²) in [5.41, 5.74) is 4.46. The number of fused-ring (bicyclic) bond motifs is 1. The summed E-state index contributed by atoms with van der Waals surface area (Å²) >= 11 is 5.81. The summed E-state index contributed by atoms with van der Waals surface area (Å²) in [5, 5.41) is 2.26. The van der Waals surface area contributed by atoms with Gasteiger partial charge in [-0.1, -0.05) is 23.8 Å². The summed E-state index contributed by atoms with van der Waals surface area (Å²) < 4.78 is 0. The summed E-state index contributed by atoms with van der Waals surface area (Å²) in [5.74, 6) is -0.682. The van der Waals surface area contributed by atoms with Crippen LogP contribution in [0.2, 0.25) is 0 Å². The fraction of sp³-hybridized carbons (Fsp3) is 0.261. The maximum atomic E-state index is 13.0.